The van der Waals surface area contributed by atoms with Gasteiger partial charge in [-0.15, -0.1) is 0 Å². The molecule has 128 valence electrons. The number of amides is 1. The van der Waals surface area contributed by atoms with Crippen molar-refractivity contribution in [3.63, 3.8) is 0 Å². The van der Waals surface area contributed by atoms with Gasteiger partial charge in [0.2, 0.25) is 5.91 Å². The number of nitrogens with zero attached hydrogens (tertiary/aromatic N) is 3. The molecule has 6 heteroatoms. The van der Waals surface area contributed by atoms with E-state index in [0.717, 1.165) is 22.5 Å². The third kappa shape index (κ3) is 3.33. The Morgan fingerprint density at radius 1 is 1.33 bits per heavy atom. The molecule has 24 heavy (non-hydrogen) atoms. The molecule has 0 spiro atoms. The van der Waals surface area contributed by atoms with Gasteiger partial charge in [-0.2, -0.15) is 5.10 Å². The molecule has 1 atom stereocenters. The molecular weight excluding hydrogens is 309 g/mol. The second kappa shape index (κ2) is 6.73. The summed E-state index contributed by atoms with van der Waals surface area (Å²) in [5.41, 5.74) is 3.80. The van der Waals surface area contributed by atoms with Gasteiger partial charge in [0.25, 0.3) is 0 Å². The highest BCUT2D eigenvalue weighted by Gasteiger charge is 2.26. The first-order valence-electron chi connectivity index (χ1n) is 8.09. The summed E-state index contributed by atoms with van der Waals surface area (Å²) in [4.78, 5) is 14.5. The van der Waals surface area contributed by atoms with Gasteiger partial charge in [0.05, 0.1) is 25.3 Å². The molecule has 0 unspecified atom stereocenters. The molecule has 5 nitrogen and oxygen atoms in total. The summed E-state index contributed by atoms with van der Waals surface area (Å²) in [6, 6.07) is 6.26. The SMILES string of the molecule is Cc1nn(C)c(C)c1CC(=O)N1CCO[C@H](c2ccc(F)cc2)C1. The predicted octanol–water partition coefficient (Wildman–Crippen LogP) is 2.32. The van der Waals surface area contributed by atoms with Crippen molar-refractivity contribution in [3.05, 3.63) is 52.6 Å². The number of aryl methyl sites for hydroxylation is 2. The number of aromatic nitrogens is 2. The fourth-order valence-electron chi connectivity index (χ4n) is 3.09. The van der Waals surface area contributed by atoms with Crippen molar-refractivity contribution in [2.24, 2.45) is 7.05 Å². The van der Waals surface area contributed by atoms with E-state index in [-0.39, 0.29) is 17.8 Å². The van der Waals surface area contributed by atoms with Crippen molar-refractivity contribution < 1.29 is 13.9 Å². The van der Waals surface area contributed by atoms with Crippen molar-refractivity contribution in [2.45, 2.75) is 26.4 Å². The van der Waals surface area contributed by atoms with Gasteiger partial charge in [-0.1, -0.05) is 12.1 Å². The first-order chi connectivity index (χ1) is 11.5. The molecule has 2 heterocycles. The van der Waals surface area contributed by atoms with Crippen LogP contribution in [0.5, 0.6) is 0 Å². The fourth-order valence-corrected chi connectivity index (χ4v) is 3.09. The van der Waals surface area contributed by atoms with Gasteiger partial charge in [0, 0.05) is 24.8 Å². The maximum Gasteiger partial charge on any atom is 0.227 e. The molecule has 1 aromatic heterocycles. The number of halogens is 1. The second-order valence-corrected chi connectivity index (χ2v) is 6.20. The average Bonchev–Trinajstić information content (AvgIpc) is 2.82. The van der Waals surface area contributed by atoms with Crippen molar-refractivity contribution in [1.29, 1.82) is 0 Å². The van der Waals surface area contributed by atoms with E-state index in [1.807, 2.05) is 25.8 Å². The highest BCUT2D eigenvalue weighted by atomic mass is 19.1. The molecule has 1 saturated heterocycles. The first-order valence-corrected chi connectivity index (χ1v) is 8.09. The smallest absolute Gasteiger partial charge is 0.227 e. The zero-order valence-corrected chi connectivity index (χ0v) is 14.3. The number of morpholine rings is 1. The Kier molecular flexibility index (Phi) is 4.66. The summed E-state index contributed by atoms with van der Waals surface area (Å²) >= 11 is 0. The van der Waals surface area contributed by atoms with Crippen molar-refractivity contribution in [3.8, 4) is 0 Å². The molecule has 0 N–H and O–H groups in total. The Morgan fingerprint density at radius 3 is 2.67 bits per heavy atom. The Bertz CT molecular complexity index is 739. The third-order valence-electron chi connectivity index (χ3n) is 4.65. The summed E-state index contributed by atoms with van der Waals surface area (Å²) in [5.74, 6) is -0.199. The van der Waals surface area contributed by atoms with Crippen LogP contribution >= 0.6 is 0 Å². The van der Waals surface area contributed by atoms with Crippen LogP contribution in [0.25, 0.3) is 0 Å². The van der Waals surface area contributed by atoms with Crippen LogP contribution in [-0.2, 0) is 23.0 Å². The largest absolute Gasteiger partial charge is 0.370 e. The quantitative estimate of drug-likeness (QED) is 0.867. The van der Waals surface area contributed by atoms with E-state index < -0.39 is 0 Å². The summed E-state index contributed by atoms with van der Waals surface area (Å²) in [6.07, 6.45) is 0.140. The molecule has 1 aliphatic rings. The molecule has 0 aliphatic carbocycles. The minimum atomic E-state index is -0.273. The maximum absolute atomic E-state index is 13.1. The molecular formula is C18H22FN3O2. The number of carbonyl (C=O) groups excluding carboxylic acids is 1. The molecule has 2 aromatic rings. The van der Waals surface area contributed by atoms with Crippen LogP contribution in [0.1, 0.15) is 28.6 Å². The van der Waals surface area contributed by atoms with Crippen LogP contribution < -0.4 is 0 Å². The monoisotopic (exact) mass is 331 g/mol. The van der Waals surface area contributed by atoms with Crippen LogP contribution in [0.2, 0.25) is 0 Å². The first kappa shape index (κ1) is 16.6. The lowest BCUT2D eigenvalue weighted by atomic mass is 10.1. The highest BCUT2D eigenvalue weighted by molar-refractivity contribution is 5.79. The molecule has 1 amide bonds. The van der Waals surface area contributed by atoms with Crippen LogP contribution in [-0.4, -0.2) is 40.3 Å². The molecule has 0 saturated carbocycles. The van der Waals surface area contributed by atoms with Crippen LogP contribution in [0.15, 0.2) is 24.3 Å². The molecule has 0 radical (unpaired) electrons. The van der Waals surface area contributed by atoms with Crippen LogP contribution in [0, 0.1) is 19.7 Å². The number of rotatable bonds is 3. The van der Waals surface area contributed by atoms with E-state index in [1.54, 1.807) is 16.8 Å². The molecule has 1 aliphatic heterocycles. The lowest BCUT2D eigenvalue weighted by Crippen LogP contribution is -2.43. The normalized spacial score (nSPS) is 18.0. The van der Waals surface area contributed by atoms with Crippen molar-refractivity contribution >= 4 is 5.91 Å². The maximum atomic E-state index is 13.1. The van der Waals surface area contributed by atoms with Gasteiger partial charge in [-0.3, -0.25) is 9.48 Å². The lowest BCUT2D eigenvalue weighted by molar-refractivity contribution is -0.138. The number of carbonyl (C=O) groups is 1. The highest BCUT2D eigenvalue weighted by Crippen LogP contribution is 2.23. The molecule has 3 rings (SSSR count). The lowest BCUT2D eigenvalue weighted by Gasteiger charge is -2.33. The number of hydrogen-bond acceptors (Lipinski definition) is 3. The van der Waals surface area contributed by atoms with Gasteiger partial charge in [0.1, 0.15) is 11.9 Å². The summed E-state index contributed by atoms with van der Waals surface area (Å²) in [6.45, 7) is 5.45. The third-order valence-corrected chi connectivity index (χ3v) is 4.65. The zero-order valence-electron chi connectivity index (χ0n) is 14.3. The molecule has 1 aromatic carbocycles. The van der Waals surface area contributed by atoms with Gasteiger partial charge in [-0.25, -0.2) is 4.39 Å². The van der Waals surface area contributed by atoms with Crippen molar-refractivity contribution in [2.75, 3.05) is 19.7 Å². The number of hydrogen-bond donors (Lipinski definition) is 0. The minimum Gasteiger partial charge on any atom is -0.370 e. The van der Waals surface area contributed by atoms with E-state index in [1.165, 1.54) is 12.1 Å². The Balaban J connectivity index is 1.70. The van der Waals surface area contributed by atoms with E-state index in [0.29, 0.717) is 26.1 Å². The van der Waals surface area contributed by atoms with E-state index in [9.17, 15) is 9.18 Å². The topological polar surface area (TPSA) is 47.4 Å². The number of benzene rings is 1. The van der Waals surface area contributed by atoms with E-state index >= 15 is 0 Å². The molecule has 0 bridgehead atoms. The Hall–Kier alpha value is -2.21. The van der Waals surface area contributed by atoms with Crippen LogP contribution in [0.3, 0.4) is 0 Å². The Morgan fingerprint density at radius 2 is 2.04 bits per heavy atom. The average molecular weight is 331 g/mol. The van der Waals surface area contributed by atoms with Crippen molar-refractivity contribution in [1.82, 2.24) is 14.7 Å². The van der Waals surface area contributed by atoms with Crippen LogP contribution in [0.4, 0.5) is 4.39 Å². The zero-order chi connectivity index (χ0) is 17.3. The van der Waals surface area contributed by atoms with Gasteiger partial charge in [-0.05, 0) is 31.5 Å². The van der Waals surface area contributed by atoms with Gasteiger partial charge >= 0.3 is 0 Å². The van der Waals surface area contributed by atoms with E-state index in [2.05, 4.69) is 5.10 Å². The van der Waals surface area contributed by atoms with E-state index in [4.69, 9.17) is 4.74 Å². The summed E-state index contributed by atoms with van der Waals surface area (Å²) in [7, 11) is 1.88. The van der Waals surface area contributed by atoms with Gasteiger partial charge < -0.3 is 9.64 Å². The number of ether oxygens (including phenoxy) is 1. The van der Waals surface area contributed by atoms with Gasteiger partial charge in [0.15, 0.2) is 0 Å². The fraction of sp³-hybridized carbons (Fsp3) is 0.444. The Labute approximate surface area is 141 Å². The standard InChI is InChI=1S/C18H22FN3O2/c1-12-16(13(2)21(3)20-12)10-18(23)22-8-9-24-17(11-22)14-4-6-15(19)7-5-14/h4-7,17H,8-11H2,1-3H3/t17-/m0/s1. The minimum absolute atomic E-state index is 0.0737. The predicted molar refractivity (Wildman–Crippen MR) is 88.1 cm³/mol. The molecule has 1 fully saturated rings. The summed E-state index contributed by atoms with van der Waals surface area (Å²) in [5, 5.41) is 4.37. The second-order valence-electron chi connectivity index (χ2n) is 6.20. The summed E-state index contributed by atoms with van der Waals surface area (Å²) < 4.78 is 20.6.